The van der Waals surface area contributed by atoms with Crippen LogP contribution in [0.2, 0.25) is 0 Å². The first-order chi connectivity index (χ1) is 23.3. The van der Waals surface area contributed by atoms with Gasteiger partial charge in [0.25, 0.3) is 0 Å². The highest BCUT2D eigenvalue weighted by Crippen LogP contribution is 2.59. The molecule has 5 bridgehead atoms. The predicted octanol–water partition coefficient (Wildman–Crippen LogP) is 4.19. The SMILES string of the molecule is O=C1CC/C=C\CN(Cc2ccccc2)C(=O)[C@@H]2N(CCCCCCO)C(=O)[C@H]3[C@H](C(=O)O[C@H](c4ccccc4)CN1)[C@H]1O[C@@]23C=C1Br. The van der Waals surface area contributed by atoms with Gasteiger partial charge in [-0.15, -0.1) is 0 Å². The number of allylic oxidation sites excluding steroid dienone is 1. The molecule has 2 N–H and O–H groups in total. The van der Waals surface area contributed by atoms with E-state index >= 15 is 0 Å². The molecule has 3 amide bonds. The van der Waals surface area contributed by atoms with Crippen LogP contribution in [0.3, 0.4) is 0 Å². The van der Waals surface area contributed by atoms with Gasteiger partial charge in [-0.1, -0.05) is 102 Å². The van der Waals surface area contributed by atoms with Crippen molar-refractivity contribution in [2.24, 2.45) is 11.8 Å². The van der Waals surface area contributed by atoms with E-state index in [9.17, 15) is 24.3 Å². The maximum atomic E-state index is 14.9. The Hall–Kier alpha value is -3.80. The first-order valence-electron chi connectivity index (χ1n) is 16.8. The van der Waals surface area contributed by atoms with Crippen molar-refractivity contribution in [2.45, 2.75) is 68.9 Å². The zero-order chi connectivity index (χ0) is 33.7. The van der Waals surface area contributed by atoms with Gasteiger partial charge < -0.3 is 29.7 Å². The number of halogens is 1. The lowest BCUT2D eigenvalue weighted by Crippen LogP contribution is -2.55. The highest BCUT2D eigenvalue weighted by Gasteiger charge is 2.74. The number of carbonyl (C=O) groups is 4. The van der Waals surface area contributed by atoms with Crippen molar-refractivity contribution in [3.8, 4) is 0 Å². The lowest BCUT2D eigenvalue weighted by molar-refractivity contribution is -0.159. The van der Waals surface area contributed by atoms with E-state index < -0.39 is 41.7 Å². The lowest BCUT2D eigenvalue weighted by atomic mass is 9.74. The second-order valence-electron chi connectivity index (χ2n) is 12.9. The van der Waals surface area contributed by atoms with E-state index in [2.05, 4.69) is 21.2 Å². The van der Waals surface area contributed by atoms with Gasteiger partial charge >= 0.3 is 5.97 Å². The minimum Gasteiger partial charge on any atom is -0.455 e. The van der Waals surface area contributed by atoms with Crippen molar-refractivity contribution < 1.29 is 33.8 Å². The average molecular weight is 721 g/mol. The Kier molecular flexibility index (Phi) is 10.8. The van der Waals surface area contributed by atoms with Gasteiger partial charge in [0.1, 0.15) is 29.8 Å². The van der Waals surface area contributed by atoms with Gasteiger partial charge in [-0.2, -0.15) is 0 Å². The number of unbranched alkanes of at least 4 members (excludes halogenated alkanes) is 3. The molecule has 11 heteroatoms. The summed E-state index contributed by atoms with van der Waals surface area (Å²) in [6, 6.07) is 17.9. The summed E-state index contributed by atoms with van der Waals surface area (Å²) in [7, 11) is 0. The van der Waals surface area contributed by atoms with Crippen LogP contribution in [0.15, 0.2) is 83.4 Å². The highest BCUT2D eigenvalue weighted by molar-refractivity contribution is 9.11. The third kappa shape index (κ3) is 6.86. The van der Waals surface area contributed by atoms with Gasteiger partial charge in [0, 0.05) is 37.1 Å². The number of nitrogens with one attached hydrogen (secondary N) is 1. The number of amides is 3. The Morgan fingerprint density at radius 2 is 1.65 bits per heavy atom. The Labute approximate surface area is 289 Å². The van der Waals surface area contributed by atoms with Crippen LogP contribution in [0, 0.1) is 11.8 Å². The van der Waals surface area contributed by atoms with E-state index in [-0.39, 0.29) is 43.8 Å². The molecule has 48 heavy (non-hydrogen) atoms. The smallest absolute Gasteiger partial charge is 0.313 e. The number of aliphatic hydroxyl groups excluding tert-OH is 1. The van der Waals surface area contributed by atoms with Crippen molar-refractivity contribution in [1.29, 1.82) is 0 Å². The van der Waals surface area contributed by atoms with Crippen LogP contribution in [0.4, 0.5) is 0 Å². The number of likely N-dealkylation sites (tertiary alicyclic amines) is 1. The number of esters is 1. The maximum Gasteiger partial charge on any atom is 0.313 e. The Bertz CT molecular complexity index is 1550. The quantitative estimate of drug-likeness (QED) is 0.226. The summed E-state index contributed by atoms with van der Waals surface area (Å²) < 4.78 is 13.4. The number of cyclic esters (lactones) is 1. The van der Waals surface area contributed by atoms with E-state index in [4.69, 9.17) is 9.47 Å². The molecule has 6 atom stereocenters. The van der Waals surface area contributed by atoms with Gasteiger partial charge in [0.2, 0.25) is 17.7 Å². The van der Waals surface area contributed by atoms with Crippen molar-refractivity contribution >= 4 is 39.6 Å². The zero-order valence-electron chi connectivity index (χ0n) is 26.8. The molecule has 254 valence electrons. The van der Waals surface area contributed by atoms with Gasteiger partial charge in [0.05, 0.1) is 12.5 Å². The number of ether oxygens (including phenoxy) is 2. The fourth-order valence-corrected chi connectivity index (χ4v) is 8.14. The predicted molar refractivity (Wildman–Crippen MR) is 181 cm³/mol. The van der Waals surface area contributed by atoms with Crippen molar-refractivity contribution in [1.82, 2.24) is 15.1 Å². The van der Waals surface area contributed by atoms with Crippen LogP contribution in [-0.2, 0) is 35.2 Å². The summed E-state index contributed by atoms with van der Waals surface area (Å²) >= 11 is 3.62. The van der Waals surface area contributed by atoms with Gasteiger partial charge in [-0.3, -0.25) is 19.2 Å². The molecular weight excluding hydrogens is 678 g/mol. The lowest BCUT2D eigenvalue weighted by Gasteiger charge is -2.36. The minimum atomic E-state index is -1.37. The second-order valence-corrected chi connectivity index (χ2v) is 13.8. The summed E-state index contributed by atoms with van der Waals surface area (Å²) in [5.74, 6) is -3.33. The summed E-state index contributed by atoms with van der Waals surface area (Å²) in [6.07, 6.45) is 7.59. The van der Waals surface area contributed by atoms with E-state index in [1.807, 2.05) is 78.9 Å². The fraction of sp³-hybridized carbons (Fsp3) is 0.459. The zero-order valence-corrected chi connectivity index (χ0v) is 28.4. The number of benzene rings is 2. The number of hydrogen-bond acceptors (Lipinski definition) is 7. The molecule has 1 spiro atoms. The third-order valence-corrected chi connectivity index (χ3v) is 10.4. The van der Waals surface area contributed by atoms with Crippen LogP contribution in [0.1, 0.15) is 55.8 Å². The average Bonchev–Trinajstić information content (AvgIpc) is 3.69. The number of hydrogen-bond donors (Lipinski definition) is 2. The number of rotatable bonds is 9. The molecule has 0 saturated carbocycles. The summed E-state index contributed by atoms with van der Waals surface area (Å²) in [4.78, 5) is 59.7. The normalized spacial score (nSPS) is 29.8. The van der Waals surface area contributed by atoms with E-state index in [0.717, 1.165) is 18.4 Å². The largest absolute Gasteiger partial charge is 0.455 e. The van der Waals surface area contributed by atoms with Crippen LogP contribution < -0.4 is 5.32 Å². The monoisotopic (exact) mass is 719 g/mol. The number of aliphatic hydroxyl groups is 1. The first kappa shape index (κ1) is 34.1. The van der Waals surface area contributed by atoms with E-state index in [0.29, 0.717) is 42.4 Å². The maximum absolute atomic E-state index is 14.9. The summed E-state index contributed by atoms with van der Waals surface area (Å²) in [5.41, 5.74) is 0.277. The molecule has 4 aliphatic heterocycles. The third-order valence-electron chi connectivity index (χ3n) is 9.71. The molecule has 6 rings (SSSR count). The molecule has 2 aromatic carbocycles. The van der Waals surface area contributed by atoms with Crippen LogP contribution in [-0.4, -0.2) is 82.6 Å². The fourth-order valence-electron chi connectivity index (χ4n) is 7.41. The Morgan fingerprint density at radius 3 is 2.40 bits per heavy atom. The summed E-state index contributed by atoms with van der Waals surface area (Å²) in [5, 5.41) is 12.2. The molecule has 0 unspecified atom stereocenters. The molecule has 0 aliphatic carbocycles. The molecule has 2 fully saturated rings. The Morgan fingerprint density at radius 1 is 0.917 bits per heavy atom. The Balaban J connectivity index is 1.39. The van der Waals surface area contributed by atoms with E-state index in [1.54, 1.807) is 9.80 Å². The molecule has 10 nitrogen and oxygen atoms in total. The van der Waals surface area contributed by atoms with E-state index in [1.165, 1.54) is 0 Å². The number of carbonyl (C=O) groups excluding carboxylic acids is 4. The molecule has 4 heterocycles. The van der Waals surface area contributed by atoms with Gasteiger partial charge in [-0.05, 0) is 36.5 Å². The van der Waals surface area contributed by atoms with Crippen molar-refractivity contribution in [3.05, 3.63) is 94.5 Å². The first-order valence-corrected chi connectivity index (χ1v) is 17.6. The standard InChI is InChI=1S/C37H42BrN3O7/c38-27-22-37-31-30(32(27)48-37)36(46)47-28(26-16-8-4-9-17-26)23-39-29(43)18-10-5-11-19-40(24-25-14-6-3-7-15-25)35(45)33(37)41(34(31)44)20-12-1-2-13-21-42/h3-9,11,14-17,22,28,30-33,42H,1-2,10,12-13,18-21,23-24H2,(H,39,43)/b11-5-/t28-,30-,31+,32-,33-,37+/m0/s1. The van der Waals surface area contributed by atoms with Gasteiger partial charge in [0.15, 0.2) is 0 Å². The molecule has 2 saturated heterocycles. The second kappa shape index (κ2) is 15.2. The van der Waals surface area contributed by atoms with Crippen molar-refractivity contribution in [3.63, 3.8) is 0 Å². The van der Waals surface area contributed by atoms with Crippen LogP contribution in [0.5, 0.6) is 0 Å². The topological polar surface area (TPSA) is 125 Å². The highest BCUT2D eigenvalue weighted by atomic mass is 79.9. The van der Waals surface area contributed by atoms with Crippen molar-refractivity contribution in [2.75, 3.05) is 26.2 Å². The molecule has 2 aromatic rings. The minimum absolute atomic E-state index is 0.0727. The molecular formula is C37H42BrN3O7. The number of nitrogens with zero attached hydrogens (tertiary/aromatic N) is 2. The summed E-state index contributed by atoms with van der Waals surface area (Å²) in [6.45, 7) is 1.05. The number of fused-ring (bicyclic) bond motifs is 2. The van der Waals surface area contributed by atoms with Crippen LogP contribution >= 0.6 is 15.9 Å². The molecule has 0 radical (unpaired) electrons. The molecule has 4 aliphatic rings. The van der Waals surface area contributed by atoms with Crippen LogP contribution in [0.25, 0.3) is 0 Å². The van der Waals surface area contributed by atoms with Gasteiger partial charge in [-0.25, -0.2) is 0 Å². The molecule has 0 aromatic heterocycles.